The van der Waals surface area contributed by atoms with Gasteiger partial charge in [0.25, 0.3) is 5.91 Å². The number of rotatable bonds is 3. The molecule has 0 bridgehead atoms. The van der Waals surface area contributed by atoms with Gasteiger partial charge in [-0.1, -0.05) is 29.3 Å². The van der Waals surface area contributed by atoms with Crippen LogP contribution in [0.4, 0.5) is 0 Å². The van der Waals surface area contributed by atoms with Crippen molar-refractivity contribution in [3.8, 4) is 0 Å². The SMILES string of the molecule is O=C(NCc1ccc(Cl)c(Cl)c1)c1nccnn1. The van der Waals surface area contributed by atoms with E-state index < -0.39 is 5.91 Å². The Kier molecular flexibility index (Phi) is 4.07. The van der Waals surface area contributed by atoms with Gasteiger partial charge in [-0.05, 0) is 17.7 Å². The van der Waals surface area contributed by atoms with E-state index in [1.54, 1.807) is 18.2 Å². The molecule has 92 valence electrons. The first-order valence-electron chi connectivity index (χ1n) is 5.02. The molecule has 0 aliphatic heterocycles. The van der Waals surface area contributed by atoms with E-state index in [0.29, 0.717) is 16.6 Å². The number of halogens is 2. The van der Waals surface area contributed by atoms with Crippen molar-refractivity contribution in [1.82, 2.24) is 20.5 Å². The first-order chi connectivity index (χ1) is 8.66. The summed E-state index contributed by atoms with van der Waals surface area (Å²) in [5.74, 6) is -0.369. The predicted octanol–water partition coefficient (Wildman–Crippen LogP) is 2.11. The van der Waals surface area contributed by atoms with Crippen LogP contribution in [-0.4, -0.2) is 21.1 Å². The lowest BCUT2D eigenvalue weighted by molar-refractivity contribution is 0.0939. The molecule has 1 heterocycles. The van der Waals surface area contributed by atoms with Gasteiger partial charge in [0.1, 0.15) is 0 Å². The highest BCUT2D eigenvalue weighted by atomic mass is 35.5. The van der Waals surface area contributed by atoms with Crippen LogP contribution in [0.1, 0.15) is 16.2 Å². The molecule has 0 aliphatic carbocycles. The quantitative estimate of drug-likeness (QED) is 0.936. The second-order valence-electron chi connectivity index (χ2n) is 3.40. The van der Waals surface area contributed by atoms with Crippen molar-refractivity contribution in [2.45, 2.75) is 6.54 Å². The molecule has 1 amide bonds. The lowest BCUT2D eigenvalue weighted by Crippen LogP contribution is -2.25. The van der Waals surface area contributed by atoms with Crippen molar-refractivity contribution in [2.75, 3.05) is 0 Å². The Labute approximate surface area is 113 Å². The highest BCUT2D eigenvalue weighted by Crippen LogP contribution is 2.22. The third kappa shape index (κ3) is 3.15. The van der Waals surface area contributed by atoms with E-state index in [-0.39, 0.29) is 5.82 Å². The van der Waals surface area contributed by atoms with E-state index in [1.807, 2.05) is 0 Å². The average molecular weight is 283 g/mol. The van der Waals surface area contributed by atoms with E-state index in [1.165, 1.54) is 12.4 Å². The molecule has 0 atom stereocenters. The summed E-state index contributed by atoms with van der Waals surface area (Å²) in [6, 6.07) is 5.14. The molecule has 0 unspecified atom stereocenters. The topological polar surface area (TPSA) is 67.8 Å². The Bertz CT molecular complexity index is 562. The van der Waals surface area contributed by atoms with Crippen molar-refractivity contribution < 1.29 is 4.79 Å². The second-order valence-corrected chi connectivity index (χ2v) is 4.21. The number of hydrogen-bond donors (Lipinski definition) is 1. The standard InChI is InChI=1S/C11H8Cl2N4O/c12-8-2-1-7(5-9(8)13)6-15-11(18)10-14-3-4-16-17-10/h1-5H,6H2,(H,15,18). The Balaban J connectivity index is 1.99. The Hall–Kier alpha value is -1.72. The minimum absolute atomic E-state index is 0.0255. The highest BCUT2D eigenvalue weighted by molar-refractivity contribution is 6.42. The van der Waals surface area contributed by atoms with Gasteiger partial charge in [-0.3, -0.25) is 4.79 Å². The second kappa shape index (κ2) is 5.75. The molecule has 0 saturated heterocycles. The van der Waals surface area contributed by atoms with Crippen LogP contribution in [0.15, 0.2) is 30.6 Å². The maximum atomic E-state index is 11.6. The average Bonchev–Trinajstić information content (AvgIpc) is 2.41. The third-order valence-corrected chi connectivity index (χ3v) is 2.86. The summed E-state index contributed by atoms with van der Waals surface area (Å²) in [6.45, 7) is 0.313. The Morgan fingerprint density at radius 3 is 2.72 bits per heavy atom. The molecule has 0 spiro atoms. The molecule has 0 radical (unpaired) electrons. The summed E-state index contributed by atoms with van der Waals surface area (Å²) in [4.78, 5) is 15.4. The van der Waals surface area contributed by atoms with Gasteiger partial charge in [-0.15, -0.1) is 5.10 Å². The van der Waals surface area contributed by atoms with E-state index >= 15 is 0 Å². The normalized spacial score (nSPS) is 10.1. The number of hydrogen-bond acceptors (Lipinski definition) is 4. The number of amides is 1. The minimum Gasteiger partial charge on any atom is -0.345 e. The van der Waals surface area contributed by atoms with Crippen LogP contribution in [0.3, 0.4) is 0 Å². The molecular formula is C11H8Cl2N4O. The number of nitrogens with zero attached hydrogens (tertiary/aromatic N) is 3. The minimum atomic E-state index is -0.394. The molecule has 0 aliphatic rings. The van der Waals surface area contributed by atoms with Crippen molar-refractivity contribution in [3.63, 3.8) is 0 Å². The summed E-state index contributed by atoms with van der Waals surface area (Å²) in [5, 5.41) is 10.8. The fourth-order valence-electron chi connectivity index (χ4n) is 1.26. The predicted molar refractivity (Wildman–Crippen MR) is 67.5 cm³/mol. The van der Waals surface area contributed by atoms with Crippen molar-refractivity contribution in [3.05, 3.63) is 52.0 Å². The third-order valence-electron chi connectivity index (χ3n) is 2.12. The van der Waals surface area contributed by atoms with Crippen LogP contribution >= 0.6 is 23.2 Å². The summed E-state index contributed by atoms with van der Waals surface area (Å²) in [6.07, 6.45) is 2.80. The fourth-order valence-corrected chi connectivity index (χ4v) is 1.58. The fraction of sp³-hybridized carbons (Fsp3) is 0.0909. The van der Waals surface area contributed by atoms with Crippen LogP contribution < -0.4 is 5.32 Å². The van der Waals surface area contributed by atoms with E-state index in [9.17, 15) is 4.79 Å². The van der Waals surface area contributed by atoms with Gasteiger partial charge >= 0.3 is 0 Å². The zero-order valence-corrected chi connectivity index (χ0v) is 10.6. The van der Waals surface area contributed by atoms with Gasteiger partial charge in [0.15, 0.2) is 0 Å². The molecule has 2 aromatic rings. The lowest BCUT2D eigenvalue weighted by Gasteiger charge is -2.05. The molecule has 5 nitrogen and oxygen atoms in total. The van der Waals surface area contributed by atoms with Gasteiger partial charge in [-0.2, -0.15) is 5.10 Å². The molecule has 0 saturated carbocycles. The summed E-state index contributed by atoms with van der Waals surface area (Å²) in [5.41, 5.74) is 0.835. The molecule has 1 aromatic carbocycles. The van der Waals surface area contributed by atoms with Gasteiger partial charge in [-0.25, -0.2) is 4.98 Å². The number of aromatic nitrogens is 3. The van der Waals surface area contributed by atoms with E-state index in [0.717, 1.165) is 5.56 Å². The van der Waals surface area contributed by atoms with Crippen LogP contribution in [-0.2, 0) is 6.54 Å². The van der Waals surface area contributed by atoms with Crippen LogP contribution in [0.25, 0.3) is 0 Å². The largest absolute Gasteiger partial charge is 0.345 e. The van der Waals surface area contributed by atoms with Gasteiger partial charge in [0.05, 0.1) is 16.2 Å². The molecule has 7 heteroatoms. The molecule has 18 heavy (non-hydrogen) atoms. The zero-order valence-electron chi connectivity index (χ0n) is 9.10. The summed E-state index contributed by atoms with van der Waals surface area (Å²) in [7, 11) is 0. The summed E-state index contributed by atoms with van der Waals surface area (Å²) >= 11 is 11.7. The highest BCUT2D eigenvalue weighted by Gasteiger charge is 2.08. The van der Waals surface area contributed by atoms with Gasteiger partial charge in [0.2, 0.25) is 5.82 Å². The molecule has 0 fully saturated rings. The number of carbonyl (C=O) groups excluding carboxylic acids is 1. The van der Waals surface area contributed by atoms with Crippen molar-refractivity contribution >= 4 is 29.1 Å². The van der Waals surface area contributed by atoms with Gasteiger partial charge in [0, 0.05) is 12.7 Å². The monoisotopic (exact) mass is 282 g/mol. The smallest absolute Gasteiger partial charge is 0.291 e. The molecule has 2 rings (SSSR count). The number of nitrogens with one attached hydrogen (secondary N) is 1. The summed E-state index contributed by atoms with van der Waals surface area (Å²) < 4.78 is 0. The maximum Gasteiger partial charge on any atom is 0.291 e. The number of carbonyl (C=O) groups is 1. The van der Waals surface area contributed by atoms with Crippen LogP contribution in [0.5, 0.6) is 0 Å². The molecule has 1 N–H and O–H groups in total. The molecule has 1 aromatic heterocycles. The Morgan fingerprint density at radius 1 is 1.22 bits per heavy atom. The molecular weight excluding hydrogens is 275 g/mol. The van der Waals surface area contributed by atoms with Crippen molar-refractivity contribution in [1.29, 1.82) is 0 Å². The Morgan fingerprint density at radius 2 is 2.06 bits per heavy atom. The van der Waals surface area contributed by atoms with Crippen LogP contribution in [0, 0.1) is 0 Å². The maximum absolute atomic E-state index is 11.6. The van der Waals surface area contributed by atoms with Crippen molar-refractivity contribution in [2.24, 2.45) is 0 Å². The van der Waals surface area contributed by atoms with Crippen LogP contribution in [0.2, 0.25) is 10.0 Å². The van der Waals surface area contributed by atoms with E-state index in [4.69, 9.17) is 23.2 Å². The van der Waals surface area contributed by atoms with E-state index in [2.05, 4.69) is 20.5 Å². The number of benzene rings is 1. The van der Waals surface area contributed by atoms with Gasteiger partial charge < -0.3 is 5.32 Å². The lowest BCUT2D eigenvalue weighted by atomic mass is 10.2. The first-order valence-corrected chi connectivity index (χ1v) is 5.78. The first kappa shape index (κ1) is 12.7. The zero-order chi connectivity index (χ0) is 13.0.